The van der Waals surface area contributed by atoms with Crippen molar-refractivity contribution in [1.29, 1.82) is 0 Å². The fourth-order valence-electron chi connectivity index (χ4n) is 5.07. The van der Waals surface area contributed by atoms with Crippen LogP contribution < -0.4 is 0 Å². The summed E-state index contributed by atoms with van der Waals surface area (Å²) < 4.78 is 14.2. The number of ketones is 1. The van der Waals surface area contributed by atoms with Crippen LogP contribution in [-0.2, 0) is 27.1 Å². The van der Waals surface area contributed by atoms with Crippen LogP contribution in [0.2, 0.25) is 20.1 Å². The van der Waals surface area contributed by atoms with Crippen molar-refractivity contribution in [1.82, 2.24) is 29.4 Å². The van der Waals surface area contributed by atoms with E-state index in [2.05, 4.69) is 26.1 Å². The minimum atomic E-state index is 0.159. The third-order valence-electron chi connectivity index (χ3n) is 7.52. The third kappa shape index (κ3) is 10.3. The van der Waals surface area contributed by atoms with E-state index in [-0.39, 0.29) is 5.78 Å². The average Bonchev–Trinajstić information content (AvgIpc) is 3.71. The van der Waals surface area contributed by atoms with Crippen LogP contribution >= 0.6 is 46.4 Å². The van der Waals surface area contributed by atoms with E-state index in [9.17, 15) is 4.79 Å². The van der Waals surface area contributed by atoms with Gasteiger partial charge in [0.05, 0.1) is 82.2 Å². The normalized spacial score (nSPS) is 15.9. The van der Waals surface area contributed by atoms with Gasteiger partial charge in [-0.3, -0.25) is 14.6 Å². The zero-order valence-electron chi connectivity index (χ0n) is 24.9. The van der Waals surface area contributed by atoms with Gasteiger partial charge < -0.3 is 9.47 Å². The molecule has 0 saturated carbocycles. The number of aromatic nitrogens is 4. The lowest BCUT2D eigenvalue weighted by atomic mass is 10.2. The molecule has 0 unspecified atom stereocenters. The molecule has 9 nitrogen and oxygen atoms in total. The van der Waals surface area contributed by atoms with Gasteiger partial charge in [0.1, 0.15) is 0 Å². The SMILES string of the molecule is Clc1ccc(-n2ccc(CCCN3CCOCC3)n2)cc1Cl.O=C(Cc1ccn(-c2ccc(Cl)c(Cl)c2)n1)CN1CCOCC1. The molecular weight excluding hydrogens is 658 g/mol. The van der Waals surface area contributed by atoms with Gasteiger partial charge in [-0.25, -0.2) is 9.36 Å². The minimum absolute atomic E-state index is 0.159. The van der Waals surface area contributed by atoms with Crippen molar-refractivity contribution in [2.45, 2.75) is 19.3 Å². The predicted molar refractivity (Wildman–Crippen MR) is 179 cm³/mol. The van der Waals surface area contributed by atoms with Crippen LogP contribution in [0.5, 0.6) is 0 Å². The van der Waals surface area contributed by atoms with Crippen molar-refractivity contribution in [3.05, 3.63) is 92.4 Å². The maximum Gasteiger partial charge on any atom is 0.152 e. The number of carbonyl (C=O) groups is 1. The second kappa shape index (κ2) is 16.9. The molecule has 2 aliphatic heterocycles. The lowest BCUT2D eigenvalue weighted by Crippen LogP contribution is -2.39. The fraction of sp³-hybridized carbons (Fsp3) is 0.406. The highest BCUT2D eigenvalue weighted by Gasteiger charge is 2.16. The van der Waals surface area contributed by atoms with E-state index < -0.39 is 0 Å². The molecule has 0 N–H and O–H groups in total. The molecule has 0 radical (unpaired) electrons. The molecule has 2 fully saturated rings. The van der Waals surface area contributed by atoms with Gasteiger partial charge in [0.15, 0.2) is 5.78 Å². The van der Waals surface area contributed by atoms with E-state index in [4.69, 9.17) is 55.9 Å². The number of hydrogen-bond donors (Lipinski definition) is 0. The summed E-state index contributed by atoms with van der Waals surface area (Å²) >= 11 is 23.9. The summed E-state index contributed by atoms with van der Waals surface area (Å²) in [5.41, 5.74) is 3.58. The maximum absolute atomic E-state index is 12.2. The molecule has 0 spiro atoms. The smallest absolute Gasteiger partial charge is 0.152 e. The molecule has 240 valence electrons. The second-order valence-corrected chi connectivity index (χ2v) is 12.5. The van der Waals surface area contributed by atoms with Crippen LogP contribution in [0.15, 0.2) is 60.9 Å². The lowest BCUT2D eigenvalue weighted by Gasteiger charge is -2.26. The molecule has 4 heterocycles. The molecule has 0 bridgehead atoms. The molecule has 45 heavy (non-hydrogen) atoms. The number of hydrogen-bond acceptors (Lipinski definition) is 7. The van der Waals surface area contributed by atoms with Gasteiger partial charge in [-0.15, -0.1) is 0 Å². The summed E-state index contributed by atoms with van der Waals surface area (Å²) in [4.78, 5) is 16.7. The Kier molecular flexibility index (Phi) is 12.7. The molecule has 2 saturated heterocycles. The zero-order chi connectivity index (χ0) is 31.6. The molecule has 0 atom stereocenters. The van der Waals surface area contributed by atoms with Crippen LogP contribution in [0.4, 0.5) is 0 Å². The molecule has 2 aliphatic rings. The number of aryl methyl sites for hydroxylation is 1. The highest BCUT2D eigenvalue weighted by molar-refractivity contribution is 6.42. The Bertz CT molecular complexity index is 1550. The number of rotatable bonds is 10. The summed E-state index contributed by atoms with van der Waals surface area (Å²) in [7, 11) is 0. The van der Waals surface area contributed by atoms with Crippen molar-refractivity contribution in [3.8, 4) is 11.4 Å². The van der Waals surface area contributed by atoms with Gasteiger partial charge in [-0.1, -0.05) is 46.4 Å². The first-order valence-electron chi connectivity index (χ1n) is 15.0. The first kappa shape index (κ1) is 33.9. The fourth-order valence-corrected chi connectivity index (χ4v) is 5.65. The summed E-state index contributed by atoms with van der Waals surface area (Å²) in [6, 6.07) is 14.7. The van der Waals surface area contributed by atoms with Gasteiger partial charge >= 0.3 is 0 Å². The monoisotopic (exact) mass is 692 g/mol. The highest BCUT2D eigenvalue weighted by Crippen LogP contribution is 2.25. The minimum Gasteiger partial charge on any atom is -0.379 e. The van der Waals surface area contributed by atoms with E-state index >= 15 is 0 Å². The predicted octanol–water partition coefficient (Wildman–Crippen LogP) is 6.07. The van der Waals surface area contributed by atoms with Gasteiger partial charge in [-0.05, 0) is 67.9 Å². The Hall–Kier alpha value is -2.47. The standard InChI is InChI=1S/C16H17Cl2N3O2.C16H19Cl2N3O/c17-15-2-1-13(10-16(15)18)21-4-3-12(19-21)9-14(22)11-20-5-7-23-8-6-20;17-15-4-3-14(12-16(15)18)21-7-5-13(19-21)2-1-6-20-8-10-22-11-9-20/h1-4,10H,5-9,11H2;3-5,7,12H,1-2,6,8-11H2. The number of ether oxygens (including phenoxy) is 2. The van der Waals surface area contributed by atoms with Crippen molar-refractivity contribution >= 4 is 52.2 Å². The molecule has 2 aromatic carbocycles. The Morgan fingerprint density at radius 3 is 1.73 bits per heavy atom. The van der Waals surface area contributed by atoms with Gasteiger partial charge in [0, 0.05) is 38.6 Å². The molecule has 13 heteroatoms. The van der Waals surface area contributed by atoms with Crippen molar-refractivity contribution in [2.24, 2.45) is 0 Å². The summed E-state index contributed by atoms with van der Waals surface area (Å²) in [6.45, 7) is 8.34. The van der Waals surface area contributed by atoms with E-state index in [0.29, 0.717) is 46.3 Å². The Morgan fingerprint density at radius 1 is 0.667 bits per heavy atom. The summed E-state index contributed by atoms with van der Waals surface area (Å²) in [6.07, 6.45) is 6.19. The van der Waals surface area contributed by atoms with Gasteiger partial charge in [0.2, 0.25) is 0 Å². The van der Waals surface area contributed by atoms with Crippen molar-refractivity contribution in [2.75, 3.05) is 65.7 Å². The third-order valence-corrected chi connectivity index (χ3v) is 9.00. The molecule has 4 aromatic rings. The number of carbonyl (C=O) groups excluding carboxylic acids is 1. The number of morpholine rings is 2. The van der Waals surface area contributed by atoms with Crippen molar-refractivity contribution in [3.63, 3.8) is 0 Å². The molecule has 0 aliphatic carbocycles. The highest BCUT2D eigenvalue weighted by atomic mass is 35.5. The van der Waals surface area contributed by atoms with Crippen molar-refractivity contribution < 1.29 is 14.3 Å². The van der Waals surface area contributed by atoms with E-state index in [1.165, 1.54) is 0 Å². The second-order valence-electron chi connectivity index (χ2n) is 10.9. The number of halogens is 4. The van der Waals surface area contributed by atoms with Gasteiger partial charge in [-0.2, -0.15) is 10.2 Å². The summed E-state index contributed by atoms with van der Waals surface area (Å²) in [5.74, 6) is 0.159. The largest absolute Gasteiger partial charge is 0.379 e. The van der Waals surface area contributed by atoms with Crippen LogP contribution in [0.1, 0.15) is 17.8 Å². The van der Waals surface area contributed by atoms with Crippen LogP contribution in [0.25, 0.3) is 11.4 Å². The number of Topliss-reactive ketones (excluding diaryl/α,β-unsaturated/α-hetero) is 1. The van der Waals surface area contributed by atoms with E-state index in [1.54, 1.807) is 22.9 Å². The average molecular weight is 694 g/mol. The molecular formula is C32H36Cl4N6O3. The quantitative estimate of drug-likeness (QED) is 0.200. The van der Waals surface area contributed by atoms with Crippen LogP contribution in [0, 0.1) is 0 Å². The zero-order valence-corrected chi connectivity index (χ0v) is 27.9. The Morgan fingerprint density at radius 2 is 1.18 bits per heavy atom. The molecule has 0 amide bonds. The number of nitrogens with zero attached hydrogens (tertiary/aromatic N) is 6. The first-order chi connectivity index (χ1) is 21.8. The van der Waals surface area contributed by atoms with Crippen LogP contribution in [-0.4, -0.2) is 101 Å². The lowest BCUT2D eigenvalue weighted by molar-refractivity contribution is -0.120. The number of benzene rings is 2. The molecule has 6 rings (SSSR count). The Labute approximate surface area is 283 Å². The molecule has 2 aromatic heterocycles. The Balaban J connectivity index is 0.000000178. The van der Waals surface area contributed by atoms with E-state index in [1.807, 2.05) is 41.3 Å². The van der Waals surface area contributed by atoms with Gasteiger partial charge in [0.25, 0.3) is 0 Å². The summed E-state index contributed by atoms with van der Waals surface area (Å²) in [5, 5.41) is 11.1. The van der Waals surface area contributed by atoms with E-state index in [0.717, 1.165) is 81.5 Å². The maximum atomic E-state index is 12.2. The topological polar surface area (TPSA) is 77.7 Å². The first-order valence-corrected chi connectivity index (χ1v) is 16.5. The van der Waals surface area contributed by atoms with Crippen LogP contribution in [0.3, 0.4) is 0 Å².